The van der Waals surface area contributed by atoms with Crippen LogP contribution in [-0.2, 0) is 0 Å². The van der Waals surface area contributed by atoms with Gasteiger partial charge in [0.2, 0.25) is 0 Å². The Kier molecular flexibility index (Phi) is 3.12. The number of para-hydroxylation sites is 1. The average molecular weight is 319 g/mol. The Morgan fingerprint density at radius 1 is 1.05 bits per heavy atom. The second-order valence-corrected chi connectivity index (χ2v) is 5.31. The predicted octanol–water partition coefficient (Wildman–Crippen LogP) is 3.13. The molecule has 1 heterocycles. The van der Waals surface area contributed by atoms with E-state index in [1.807, 2.05) is 30.3 Å². The van der Waals surface area contributed by atoms with E-state index in [0.717, 1.165) is 10.0 Å². The summed E-state index contributed by atoms with van der Waals surface area (Å²) in [5.74, 6) is 0.223. The second-order valence-electron chi connectivity index (χ2n) is 4.40. The third-order valence-corrected chi connectivity index (χ3v) is 3.69. The number of fused-ring (bicyclic) bond motifs is 1. The topological polar surface area (TPSA) is 46.5 Å². The summed E-state index contributed by atoms with van der Waals surface area (Å²) < 4.78 is 6.69. The number of Topliss-reactive ketones (excluding diaryl/α,β-unsaturated/α-hetero) is 1. The minimum Gasteiger partial charge on any atom is -0.482 e. The lowest BCUT2D eigenvalue weighted by molar-refractivity contribution is 0.0216. The molecule has 0 amide bonds. The number of ketones is 1. The van der Waals surface area contributed by atoms with Gasteiger partial charge in [-0.2, -0.15) is 0 Å². The number of rotatable bonds is 1. The molecule has 3 nitrogen and oxygen atoms in total. The Labute approximate surface area is 119 Å². The van der Waals surface area contributed by atoms with Crippen molar-refractivity contribution in [3.63, 3.8) is 0 Å². The summed E-state index contributed by atoms with van der Waals surface area (Å²) >= 11 is 3.35. The van der Waals surface area contributed by atoms with Crippen molar-refractivity contribution in [1.82, 2.24) is 0 Å². The first-order valence-corrected chi connectivity index (χ1v) is 6.69. The lowest BCUT2D eigenvalue weighted by Crippen LogP contribution is -2.36. The first-order chi connectivity index (χ1) is 9.16. The Morgan fingerprint density at radius 2 is 1.74 bits per heavy atom. The van der Waals surface area contributed by atoms with Crippen LogP contribution in [0.5, 0.6) is 5.75 Å². The Balaban J connectivity index is 2.01. The van der Waals surface area contributed by atoms with Gasteiger partial charge in [-0.25, -0.2) is 0 Å². The highest BCUT2D eigenvalue weighted by Gasteiger charge is 2.36. The van der Waals surface area contributed by atoms with Gasteiger partial charge < -0.3 is 9.84 Å². The fraction of sp³-hybridized carbons (Fsp3) is 0.133. The summed E-state index contributed by atoms with van der Waals surface area (Å²) in [4.78, 5) is 12.1. The molecule has 96 valence electrons. The normalized spacial score (nSPS) is 21.7. The van der Waals surface area contributed by atoms with Crippen molar-refractivity contribution in [1.29, 1.82) is 0 Å². The molecule has 19 heavy (non-hydrogen) atoms. The summed E-state index contributed by atoms with van der Waals surface area (Å²) in [6.07, 6.45) is -1.83. The molecule has 0 spiro atoms. The number of carbonyl (C=O) groups is 1. The summed E-state index contributed by atoms with van der Waals surface area (Å²) in [6.45, 7) is 0. The van der Waals surface area contributed by atoms with E-state index in [9.17, 15) is 9.90 Å². The van der Waals surface area contributed by atoms with Gasteiger partial charge in [0, 0.05) is 4.47 Å². The van der Waals surface area contributed by atoms with Crippen molar-refractivity contribution in [2.75, 3.05) is 0 Å². The monoisotopic (exact) mass is 318 g/mol. The average Bonchev–Trinajstić information content (AvgIpc) is 2.44. The van der Waals surface area contributed by atoms with Crippen LogP contribution in [0.4, 0.5) is 0 Å². The molecule has 2 atom stereocenters. The fourth-order valence-electron chi connectivity index (χ4n) is 2.17. The molecular weight excluding hydrogens is 308 g/mol. The molecule has 1 N–H and O–H groups in total. The molecule has 1 aliphatic rings. The summed E-state index contributed by atoms with van der Waals surface area (Å²) in [7, 11) is 0. The van der Waals surface area contributed by atoms with Crippen LogP contribution in [0.2, 0.25) is 0 Å². The van der Waals surface area contributed by atoms with Gasteiger partial charge in [0.15, 0.2) is 18.0 Å². The molecule has 0 saturated heterocycles. The van der Waals surface area contributed by atoms with Gasteiger partial charge in [-0.05, 0) is 29.8 Å². The maximum atomic E-state index is 12.1. The maximum Gasteiger partial charge on any atom is 0.199 e. The van der Waals surface area contributed by atoms with Crippen LogP contribution in [0.1, 0.15) is 22.0 Å². The molecule has 4 heteroatoms. The highest BCUT2D eigenvalue weighted by molar-refractivity contribution is 9.10. The van der Waals surface area contributed by atoms with E-state index >= 15 is 0 Å². The van der Waals surface area contributed by atoms with Crippen LogP contribution < -0.4 is 4.74 Å². The molecule has 3 rings (SSSR count). The Morgan fingerprint density at radius 3 is 2.47 bits per heavy atom. The third kappa shape index (κ3) is 2.17. The zero-order valence-electron chi connectivity index (χ0n) is 9.92. The standard InChI is InChI=1S/C15H11BrO3/c16-10-7-5-9(6-8-10)15-14(18)13(17)11-3-1-2-4-12(11)19-15/h1-8,14-15,18H/t14-,15+/m0/s1. The van der Waals surface area contributed by atoms with E-state index in [0.29, 0.717) is 11.3 Å². The molecular formula is C15H11BrO3. The molecule has 2 aromatic rings. The first-order valence-electron chi connectivity index (χ1n) is 5.90. The van der Waals surface area contributed by atoms with E-state index in [4.69, 9.17) is 4.74 Å². The second kappa shape index (κ2) is 4.79. The number of benzene rings is 2. The van der Waals surface area contributed by atoms with Crippen molar-refractivity contribution in [2.45, 2.75) is 12.2 Å². The number of hydrogen-bond acceptors (Lipinski definition) is 3. The molecule has 2 aromatic carbocycles. The lowest BCUT2D eigenvalue weighted by Gasteiger charge is -2.29. The molecule has 0 radical (unpaired) electrons. The summed E-state index contributed by atoms with van der Waals surface area (Å²) in [5.41, 5.74) is 1.21. The number of aliphatic hydroxyl groups excluding tert-OH is 1. The minimum absolute atomic E-state index is 0.297. The van der Waals surface area contributed by atoms with Crippen molar-refractivity contribution in [3.05, 3.63) is 64.1 Å². The number of ether oxygens (including phenoxy) is 1. The lowest BCUT2D eigenvalue weighted by atomic mass is 9.94. The van der Waals surface area contributed by atoms with E-state index < -0.39 is 12.2 Å². The van der Waals surface area contributed by atoms with E-state index in [1.165, 1.54) is 0 Å². The van der Waals surface area contributed by atoms with Gasteiger partial charge in [-0.1, -0.05) is 40.2 Å². The highest BCUT2D eigenvalue weighted by atomic mass is 79.9. The SMILES string of the molecule is O=C1c2ccccc2O[C@H](c2ccc(Br)cc2)[C@H]1O. The first kappa shape index (κ1) is 12.4. The smallest absolute Gasteiger partial charge is 0.199 e. The predicted molar refractivity (Wildman–Crippen MR) is 74.3 cm³/mol. The molecule has 0 fully saturated rings. The van der Waals surface area contributed by atoms with Crippen molar-refractivity contribution in [2.24, 2.45) is 0 Å². The van der Waals surface area contributed by atoms with Crippen LogP contribution in [0.3, 0.4) is 0 Å². The van der Waals surface area contributed by atoms with Crippen LogP contribution in [-0.4, -0.2) is 17.0 Å². The Hall–Kier alpha value is -1.65. The van der Waals surface area contributed by atoms with E-state index in [2.05, 4.69) is 15.9 Å². The van der Waals surface area contributed by atoms with E-state index in [1.54, 1.807) is 18.2 Å². The largest absolute Gasteiger partial charge is 0.482 e. The maximum absolute atomic E-state index is 12.1. The quantitative estimate of drug-likeness (QED) is 0.878. The molecule has 0 bridgehead atoms. The highest BCUT2D eigenvalue weighted by Crippen LogP contribution is 2.35. The zero-order valence-corrected chi connectivity index (χ0v) is 11.5. The summed E-state index contributed by atoms with van der Waals surface area (Å²) in [5, 5.41) is 10.1. The van der Waals surface area contributed by atoms with Gasteiger partial charge in [0.05, 0.1) is 5.56 Å². The van der Waals surface area contributed by atoms with Crippen LogP contribution in [0.15, 0.2) is 53.0 Å². The number of aliphatic hydroxyl groups is 1. The molecule has 0 aliphatic carbocycles. The molecule has 0 unspecified atom stereocenters. The van der Waals surface area contributed by atoms with Crippen LogP contribution >= 0.6 is 15.9 Å². The zero-order chi connectivity index (χ0) is 13.4. The molecule has 1 aliphatic heterocycles. The van der Waals surface area contributed by atoms with Gasteiger partial charge >= 0.3 is 0 Å². The summed E-state index contributed by atoms with van der Waals surface area (Å²) in [6, 6.07) is 14.4. The molecule has 0 saturated carbocycles. The van der Waals surface area contributed by atoms with Gasteiger partial charge in [0.1, 0.15) is 5.75 Å². The number of carbonyl (C=O) groups excluding carboxylic acids is 1. The Bertz CT molecular complexity index is 622. The molecule has 0 aromatic heterocycles. The number of hydrogen-bond donors (Lipinski definition) is 1. The van der Waals surface area contributed by atoms with Gasteiger partial charge in [-0.3, -0.25) is 4.79 Å². The van der Waals surface area contributed by atoms with Gasteiger partial charge in [-0.15, -0.1) is 0 Å². The van der Waals surface area contributed by atoms with Crippen molar-refractivity contribution in [3.8, 4) is 5.75 Å². The minimum atomic E-state index is -1.17. The third-order valence-electron chi connectivity index (χ3n) is 3.16. The number of halogens is 1. The fourth-order valence-corrected chi connectivity index (χ4v) is 2.44. The van der Waals surface area contributed by atoms with E-state index in [-0.39, 0.29) is 5.78 Å². The van der Waals surface area contributed by atoms with Gasteiger partial charge in [0.25, 0.3) is 0 Å². The van der Waals surface area contributed by atoms with Crippen LogP contribution in [0.25, 0.3) is 0 Å². The van der Waals surface area contributed by atoms with Crippen LogP contribution in [0, 0.1) is 0 Å². The van der Waals surface area contributed by atoms with Crippen molar-refractivity contribution < 1.29 is 14.6 Å². The van der Waals surface area contributed by atoms with Crippen molar-refractivity contribution >= 4 is 21.7 Å².